The van der Waals surface area contributed by atoms with Crippen molar-refractivity contribution < 1.29 is 9.59 Å². The zero-order valence-electron chi connectivity index (χ0n) is 12.6. The Morgan fingerprint density at radius 1 is 1.14 bits per heavy atom. The van der Waals surface area contributed by atoms with Gasteiger partial charge in [0, 0.05) is 6.04 Å². The van der Waals surface area contributed by atoms with Gasteiger partial charge in [-0.05, 0) is 29.4 Å². The molecule has 1 aliphatic rings. The van der Waals surface area contributed by atoms with Crippen LogP contribution >= 0.6 is 0 Å². The molecule has 1 aromatic rings. The molecular formula is C16H21N3O2. The van der Waals surface area contributed by atoms with E-state index in [1.807, 2.05) is 24.3 Å². The average Bonchev–Trinajstić information content (AvgIpc) is 3.22. The Kier molecular flexibility index (Phi) is 4.40. The SMILES string of the molecule is CC(C)(C)c1ccc(C=NNC(=O)C(=O)NC2CC2)cc1. The topological polar surface area (TPSA) is 70.6 Å². The molecule has 2 rings (SSSR count). The highest BCUT2D eigenvalue weighted by molar-refractivity contribution is 6.35. The van der Waals surface area contributed by atoms with Crippen LogP contribution in [-0.2, 0) is 15.0 Å². The first-order valence-electron chi connectivity index (χ1n) is 7.11. The van der Waals surface area contributed by atoms with E-state index < -0.39 is 11.8 Å². The summed E-state index contributed by atoms with van der Waals surface area (Å²) in [6.45, 7) is 6.44. The van der Waals surface area contributed by atoms with Gasteiger partial charge in [-0.3, -0.25) is 9.59 Å². The van der Waals surface area contributed by atoms with E-state index in [0.717, 1.165) is 18.4 Å². The third kappa shape index (κ3) is 4.70. The molecule has 2 N–H and O–H groups in total. The lowest BCUT2D eigenvalue weighted by Gasteiger charge is -2.18. The minimum atomic E-state index is -0.732. The minimum Gasteiger partial charge on any atom is -0.345 e. The predicted molar refractivity (Wildman–Crippen MR) is 82.0 cm³/mol. The summed E-state index contributed by atoms with van der Waals surface area (Å²) in [6, 6.07) is 8.09. The first kappa shape index (κ1) is 15.2. The zero-order valence-corrected chi connectivity index (χ0v) is 12.6. The number of hydrazone groups is 1. The van der Waals surface area contributed by atoms with E-state index in [9.17, 15) is 9.59 Å². The minimum absolute atomic E-state index is 0.102. The van der Waals surface area contributed by atoms with E-state index in [1.165, 1.54) is 11.8 Å². The van der Waals surface area contributed by atoms with Crippen LogP contribution in [0, 0.1) is 0 Å². The molecule has 1 fully saturated rings. The van der Waals surface area contributed by atoms with Gasteiger partial charge in [0.05, 0.1) is 6.21 Å². The number of hydrogen-bond acceptors (Lipinski definition) is 3. The summed E-state index contributed by atoms with van der Waals surface area (Å²) < 4.78 is 0. The van der Waals surface area contributed by atoms with Crippen molar-refractivity contribution in [2.45, 2.75) is 45.1 Å². The molecule has 2 amide bonds. The molecule has 0 aromatic heterocycles. The summed E-state index contributed by atoms with van der Waals surface area (Å²) in [4.78, 5) is 22.8. The van der Waals surface area contributed by atoms with Crippen molar-refractivity contribution in [3.63, 3.8) is 0 Å². The molecule has 0 spiro atoms. The third-order valence-corrected chi connectivity index (χ3v) is 3.28. The predicted octanol–water partition coefficient (Wildman–Crippen LogP) is 1.71. The summed E-state index contributed by atoms with van der Waals surface area (Å²) in [6.07, 6.45) is 3.42. The van der Waals surface area contributed by atoms with Crippen molar-refractivity contribution in [2.24, 2.45) is 5.10 Å². The molecule has 0 heterocycles. The van der Waals surface area contributed by atoms with Gasteiger partial charge in [0.25, 0.3) is 0 Å². The largest absolute Gasteiger partial charge is 0.345 e. The van der Waals surface area contributed by atoms with Gasteiger partial charge in [0.1, 0.15) is 0 Å². The van der Waals surface area contributed by atoms with Crippen LogP contribution in [0.1, 0.15) is 44.7 Å². The number of nitrogens with zero attached hydrogens (tertiary/aromatic N) is 1. The number of carbonyl (C=O) groups is 2. The molecule has 5 heteroatoms. The average molecular weight is 287 g/mol. The van der Waals surface area contributed by atoms with Gasteiger partial charge in [0.15, 0.2) is 0 Å². The van der Waals surface area contributed by atoms with Crippen molar-refractivity contribution in [3.05, 3.63) is 35.4 Å². The normalized spacial score (nSPS) is 15.0. The molecule has 5 nitrogen and oxygen atoms in total. The van der Waals surface area contributed by atoms with Gasteiger partial charge < -0.3 is 5.32 Å². The molecule has 0 atom stereocenters. The van der Waals surface area contributed by atoms with Crippen LogP contribution in [0.4, 0.5) is 0 Å². The van der Waals surface area contributed by atoms with Crippen molar-refractivity contribution in [3.8, 4) is 0 Å². The van der Waals surface area contributed by atoms with E-state index in [-0.39, 0.29) is 11.5 Å². The van der Waals surface area contributed by atoms with Crippen LogP contribution in [0.15, 0.2) is 29.4 Å². The summed E-state index contributed by atoms with van der Waals surface area (Å²) >= 11 is 0. The molecule has 0 bridgehead atoms. The monoisotopic (exact) mass is 287 g/mol. The molecular weight excluding hydrogens is 266 g/mol. The van der Waals surface area contributed by atoms with Crippen LogP contribution in [0.3, 0.4) is 0 Å². The van der Waals surface area contributed by atoms with Gasteiger partial charge in [-0.2, -0.15) is 5.10 Å². The molecule has 1 aliphatic carbocycles. The van der Waals surface area contributed by atoms with E-state index in [2.05, 4.69) is 36.6 Å². The lowest BCUT2D eigenvalue weighted by atomic mass is 9.87. The fourth-order valence-electron chi connectivity index (χ4n) is 1.76. The quantitative estimate of drug-likeness (QED) is 0.505. The Bertz CT molecular complexity index is 552. The first-order chi connectivity index (χ1) is 9.86. The van der Waals surface area contributed by atoms with Crippen LogP contribution in [-0.4, -0.2) is 24.1 Å². The fourth-order valence-corrected chi connectivity index (χ4v) is 1.76. The van der Waals surface area contributed by atoms with E-state index in [0.29, 0.717) is 0 Å². The number of hydrogen-bond donors (Lipinski definition) is 2. The van der Waals surface area contributed by atoms with Gasteiger partial charge in [-0.15, -0.1) is 0 Å². The Morgan fingerprint density at radius 2 is 1.76 bits per heavy atom. The fraction of sp³-hybridized carbons (Fsp3) is 0.438. The van der Waals surface area contributed by atoms with Gasteiger partial charge in [-0.1, -0.05) is 45.0 Å². The zero-order chi connectivity index (χ0) is 15.5. The lowest BCUT2D eigenvalue weighted by Crippen LogP contribution is -2.38. The molecule has 1 saturated carbocycles. The summed E-state index contributed by atoms with van der Waals surface area (Å²) in [5.41, 5.74) is 4.43. The molecule has 21 heavy (non-hydrogen) atoms. The Morgan fingerprint density at radius 3 is 2.29 bits per heavy atom. The smallest absolute Gasteiger partial charge is 0.329 e. The van der Waals surface area contributed by atoms with Crippen molar-refractivity contribution in [1.82, 2.24) is 10.7 Å². The lowest BCUT2D eigenvalue weighted by molar-refractivity contribution is -0.139. The number of benzene rings is 1. The Labute approximate surface area is 124 Å². The molecule has 0 radical (unpaired) electrons. The van der Waals surface area contributed by atoms with Gasteiger partial charge in [0.2, 0.25) is 0 Å². The van der Waals surface area contributed by atoms with Gasteiger partial charge in [-0.25, -0.2) is 5.43 Å². The summed E-state index contributed by atoms with van der Waals surface area (Å²) in [7, 11) is 0. The molecule has 1 aromatic carbocycles. The highest BCUT2D eigenvalue weighted by Crippen LogP contribution is 2.21. The van der Waals surface area contributed by atoms with Crippen LogP contribution in [0.25, 0.3) is 0 Å². The maximum absolute atomic E-state index is 11.4. The van der Waals surface area contributed by atoms with Crippen LogP contribution in [0.5, 0.6) is 0 Å². The first-order valence-corrected chi connectivity index (χ1v) is 7.11. The summed E-state index contributed by atoms with van der Waals surface area (Å²) in [5.74, 6) is -1.36. The van der Waals surface area contributed by atoms with Crippen LogP contribution < -0.4 is 10.7 Å². The molecule has 0 unspecified atom stereocenters. The number of amides is 2. The highest BCUT2D eigenvalue weighted by atomic mass is 16.2. The second kappa shape index (κ2) is 6.08. The van der Waals surface area contributed by atoms with Crippen molar-refractivity contribution in [1.29, 1.82) is 0 Å². The number of rotatable bonds is 3. The van der Waals surface area contributed by atoms with Gasteiger partial charge >= 0.3 is 11.8 Å². The van der Waals surface area contributed by atoms with Crippen LogP contribution in [0.2, 0.25) is 0 Å². The van der Waals surface area contributed by atoms with E-state index in [4.69, 9.17) is 0 Å². The second-order valence-electron chi connectivity index (χ2n) is 6.32. The second-order valence-corrected chi connectivity index (χ2v) is 6.32. The summed E-state index contributed by atoms with van der Waals surface area (Å²) in [5, 5.41) is 6.40. The molecule has 112 valence electrons. The number of carbonyl (C=O) groups excluding carboxylic acids is 2. The maximum atomic E-state index is 11.4. The third-order valence-electron chi connectivity index (χ3n) is 3.28. The highest BCUT2D eigenvalue weighted by Gasteiger charge is 2.26. The molecule has 0 saturated heterocycles. The molecule has 0 aliphatic heterocycles. The van der Waals surface area contributed by atoms with E-state index >= 15 is 0 Å². The Hall–Kier alpha value is -2.17. The standard InChI is InChI=1S/C16H21N3O2/c1-16(2,3)12-6-4-11(5-7-12)10-17-19-15(21)14(20)18-13-8-9-13/h4-7,10,13H,8-9H2,1-3H3,(H,18,20)(H,19,21). The number of nitrogens with one attached hydrogen (secondary N) is 2. The van der Waals surface area contributed by atoms with Crippen molar-refractivity contribution >= 4 is 18.0 Å². The Balaban J connectivity index is 1.86. The van der Waals surface area contributed by atoms with Crippen molar-refractivity contribution in [2.75, 3.05) is 0 Å². The maximum Gasteiger partial charge on any atom is 0.329 e. The van der Waals surface area contributed by atoms with E-state index in [1.54, 1.807) is 0 Å².